The first-order valence-electron chi connectivity index (χ1n) is 11.3. The summed E-state index contributed by atoms with van der Waals surface area (Å²) in [6.07, 6.45) is 0.442. The molecule has 37 heavy (non-hydrogen) atoms. The summed E-state index contributed by atoms with van der Waals surface area (Å²) in [5.74, 6) is 6.73. The zero-order valence-electron chi connectivity index (χ0n) is 20.4. The van der Waals surface area contributed by atoms with Gasteiger partial charge in [0.2, 0.25) is 0 Å². The van der Waals surface area contributed by atoms with Crippen LogP contribution in [0.15, 0.2) is 54.9 Å². The lowest BCUT2D eigenvalue weighted by atomic mass is 10.1. The van der Waals surface area contributed by atoms with E-state index in [1.165, 1.54) is 34.7 Å². The molecule has 7 nitrogen and oxygen atoms in total. The van der Waals surface area contributed by atoms with Gasteiger partial charge in [0.1, 0.15) is 24.5 Å². The molecule has 0 saturated carbocycles. The number of amides is 1. The smallest absolute Gasteiger partial charge is 0.408 e. The molecule has 0 fully saturated rings. The van der Waals surface area contributed by atoms with Gasteiger partial charge in [-0.05, 0) is 62.7 Å². The van der Waals surface area contributed by atoms with Crippen LogP contribution in [0, 0.1) is 17.7 Å². The minimum Gasteiger partial charge on any atom is -0.487 e. The zero-order valence-corrected chi connectivity index (χ0v) is 22.0. The van der Waals surface area contributed by atoms with Crippen molar-refractivity contribution in [1.82, 2.24) is 14.9 Å². The zero-order chi connectivity index (χ0) is 26.6. The molecular weight excluding hydrogens is 515 g/mol. The van der Waals surface area contributed by atoms with Crippen molar-refractivity contribution >= 4 is 50.8 Å². The Morgan fingerprint density at radius 1 is 1.22 bits per heavy atom. The number of halogens is 2. The Bertz CT molecular complexity index is 1510. The fourth-order valence-corrected chi connectivity index (χ4v) is 4.59. The summed E-state index contributed by atoms with van der Waals surface area (Å²) in [5, 5.41) is 13.1. The molecule has 0 spiro atoms. The summed E-state index contributed by atoms with van der Waals surface area (Å²) in [4.78, 5) is 22.2. The van der Waals surface area contributed by atoms with Crippen molar-refractivity contribution in [3.05, 3.63) is 76.1 Å². The Labute approximate surface area is 222 Å². The van der Waals surface area contributed by atoms with Crippen LogP contribution in [-0.2, 0) is 6.61 Å². The maximum atomic E-state index is 13.4. The van der Waals surface area contributed by atoms with Crippen molar-refractivity contribution in [3.8, 4) is 17.6 Å². The van der Waals surface area contributed by atoms with Gasteiger partial charge in [0.05, 0.1) is 26.7 Å². The summed E-state index contributed by atoms with van der Waals surface area (Å²) < 4.78 is 19.9. The normalized spacial score (nSPS) is 11.1. The molecule has 0 radical (unpaired) electrons. The topological polar surface area (TPSA) is 87.6 Å². The minimum absolute atomic E-state index is 0.0932. The average Bonchev–Trinajstić information content (AvgIpc) is 3.24. The lowest BCUT2D eigenvalue weighted by Gasteiger charge is -2.31. The van der Waals surface area contributed by atoms with E-state index < -0.39 is 11.6 Å². The van der Waals surface area contributed by atoms with E-state index in [0.29, 0.717) is 27.8 Å². The van der Waals surface area contributed by atoms with E-state index in [1.54, 1.807) is 24.3 Å². The van der Waals surface area contributed by atoms with E-state index in [0.717, 1.165) is 15.1 Å². The highest BCUT2D eigenvalue weighted by Gasteiger charge is 2.24. The Morgan fingerprint density at radius 2 is 2.03 bits per heavy atom. The first-order chi connectivity index (χ1) is 17.6. The molecule has 2 aromatic carbocycles. The van der Waals surface area contributed by atoms with Gasteiger partial charge in [-0.25, -0.2) is 19.2 Å². The Kier molecular flexibility index (Phi) is 7.81. The molecule has 4 aromatic rings. The number of hydrogen-bond acceptors (Lipinski definition) is 6. The first kappa shape index (κ1) is 26.2. The van der Waals surface area contributed by atoms with Gasteiger partial charge in [-0.1, -0.05) is 35.6 Å². The second-order valence-corrected chi connectivity index (χ2v) is 10.5. The van der Waals surface area contributed by atoms with Crippen LogP contribution in [0.4, 0.5) is 20.7 Å². The van der Waals surface area contributed by atoms with E-state index in [2.05, 4.69) is 27.1 Å². The summed E-state index contributed by atoms with van der Waals surface area (Å²) in [5.41, 5.74) is 1.57. The van der Waals surface area contributed by atoms with Crippen LogP contribution in [0.25, 0.3) is 10.2 Å². The standard InChI is InChI=1S/C27H24ClFN4O3S/c1-27(2,3)33(26(34)35)11-5-8-20-14-22-24(37-20)25(31-16-30-22)32-19-9-10-23(21(28)13-19)36-15-17-6-4-7-18(29)12-17/h4,6-7,9-10,12-14,16H,11,15H2,1-3H3,(H,34,35)(H,30,31,32). The maximum absolute atomic E-state index is 13.4. The number of rotatable bonds is 6. The van der Waals surface area contributed by atoms with Crippen molar-refractivity contribution in [2.45, 2.75) is 32.9 Å². The minimum atomic E-state index is -1.01. The van der Waals surface area contributed by atoms with E-state index >= 15 is 0 Å². The van der Waals surface area contributed by atoms with Crippen molar-refractivity contribution < 1.29 is 19.0 Å². The SMILES string of the molecule is CC(C)(C)N(CC#Cc1cc2ncnc(Nc3ccc(OCc4cccc(F)c4)c(Cl)c3)c2s1)C(=O)O. The lowest BCUT2D eigenvalue weighted by molar-refractivity contribution is 0.110. The quantitative estimate of drug-likeness (QED) is 0.259. The molecule has 190 valence electrons. The third kappa shape index (κ3) is 6.67. The molecular formula is C27H24ClFN4O3S. The van der Waals surface area contributed by atoms with Crippen molar-refractivity contribution in [3.63, 3.8) is 0 Å². The number of carboxylic acid groups (broad SMARTS) is 1. The molecule has 0 aliphatic carbocycles. The second kappa shape index (κ2) is 11.0. The highest BCUT2D eigenvalue weighted by Crippen LogP contribution is 2.33. The Hall–Kier alpha value is -3.87. The maximum Gasteiger partial charge on any atom is 0.408 e. The van der Waals surface area contributed by atoms with Gasteiger partial charge in [0.25, 0.3) is 0 Å². The van der Waals surface area contributed by atoms with Crippen LogP contribution in [0.1, 0.15) is 31.2 Å². The molecule has 0 bridgehead atoms. The van der Waals surface area contributed by atoms with E-state index in [4.69, 9.17) is 16.3 Å². The highest BCUT2D eigenvalue weighted by molar-refractivity contribution is 7.20. The lowest BCUT2D eigenvalue weighted by Crippen LogP contribution is -2.45. The third-order valence-corrected chi connectivity index (χ3v) is 6.62. The van der Waals surface area contributed by atoms with Crippen LogP contribution in [0.2, 0.25) is 5.02 Å². The predicted octanol–water partition coefficient (Wildman–Crippen LogP) is 6.94. The Morgan fingerprint density at radius 3 is 2.73 bits per heavy atom. The molecule has 4 rings (SSSR count). The van der Waals surface area contributed by atoms with Crippen LogP contribution in [0.5, 0.6) is 5.75 Å². The van der Waals surface area contributed by atoms with Crippen LogP contribution in [-0.4, -0.2) is 38.2 Å². The van der Waals surface area contributed by atoms with Gasteiger partial charge in [-0.15, -0.1) is 11.3 Å². The molecule has 2 N–H and O–H groups in total. The number of nitrogens with one attached hydrogen (secondary N) is 1. The summed E-state index contributed by atoms with van der Waals surface area (Å²) in [6.45, 7) is 5.76. The number of carbonyl (C=O) groups is 1. The van der Waals surface area contributed by atoms with Gasteiger partial charge in [-0.2, -0.15) is 0 Å². The average molecular weight is 539 g/mol. The number of nitrogens with zero attached hydrogens (tertiary/aromatic N) is 3. The summed E-state index contributed by atoms with van der Waals surface area (Å²) in [7, 11) is 0. The summed E-state index contributed by atoms with van der Waals surface area (Å²) in [6, 6.07) is 13.3. The first-order valence-corrected chi connectivity index (χ1v) is 12.5. The van der Waals surface area contributed by atoms with Gasteiger partial charge >= 0.3 is 6.09 Å². The van der Waals surface area contributed by atoms with Gasteiger partial charge in [0, 0.05) is 11.2 Å². The number of hydrogen-bond donors (Lipinski definition) is 2. The molecule has 1 amide bonds. The molecule has 0 atom stereocenters. The third-order valence-electron chi connectivity index (χ3n) is 5.28. The van der Waals surface area contributed by atoms with Gasteiger partial charge in [-0.3, -0.25) is 4.90 Å². The largest absolute Gasteiger partial charge is 0.487 e. The van der Waals surface area contributed by atoms with Crippen LogP contribution >= 0.6 is 22.9 Å². The van der Waals surface area contributed by atoms with Gasteiger partial charge < -0.3 is 15.2 Å². The molecule has 0 aliphatic rings. The summed E-state index contributed by atoms with van der Waals surface area (Å²) >= 11 is 7.83. The number of anilines is 2. The molecule has 0 saturated heterocycles. The van der Waals surface area contributed by atoms with E-state index in [1.807, 2.05) is 32.9 Å². The molecule has 10 heteroatoms. The number of aromatic nitrogens is 2. The van der Waals surface area contributed by atoms with Crippen molar-refractivity contribution in [2.75, 3.05) is 11.9 Å². The second-order valence-electron chi connectivity index (χ2n) is 9.08. The van der Waals surface area contributed by atoms with Crippen LogP contribution in [0.3, 0.4) is 0 Å². The van der Waals surface area contributed by atoms with Crippen molar-refractivity contribution in [2.24, 2.45) is 0 Å². The number of ether oxygens (including phenoxy) is 1. The fourth-order valence-electron chi connectivity index (χ4n) is 3.42. The monoisotopic (exact) mass is 538 g/mol. The van der Waals surface area contributed by atoms with E-state index in [-0.39, 0.29) is 19.0 Å². The molecule has 2 heterocycles. The Balaban J connectivity index is 1.48. The fraction of sp³-hybridized carbons (Fsp3) is 0.222. The molecule has 0 unspecified atom stereocenters. The van der Waals surface area contributed by atoms with Gasteiger partial charge in [0.15, 0.2) is 5.82 Å². The predicted molar refractivity (Wildman–Crippen MR) is 144 cm³/mol. The van der Waals surface area contributed by atoms with E-state index in [9.17, 15) is 14.3 Å². The molecule has 0 aliphatic heterocycles. The van der Waals surface area contributed by atoms with Crippen molar-refractivity contribution in [1.29, 1.82) is 0 Å². The molecule has 2 aromatic heterocycles. The number of thiophene rings is 1. The van der Waals surface area contributed by atoms with Crippen LogP contribution < -0.4 is 10.1 Å². The number of fused-ring (bicyclic) bond motifs is 1. The number of benzene rings is 2. The highest BCUT2D eigenvalue weighted by atomic mass is 35.5.